The van der Waals surface area contributed by atoms with E-state index in [9.17, 15) is 0 Å². The van der Waals surface area contributed by atoms with Gasteiger partial charge < -0.3 is 0 Å². The average Bonchev–Trinajstić information content (AvgIpc) is 2.44. The second kappa shape index (κ2) is 12.6. The number of unbranched alkanes of at least 4 members (excludes halogenated alkanes) is 3. The molecule has 0 heterocycles. The first-order chi connectivity index (χ1) is 9.16. The predicted molar refractivity (Wildman–Crippen MR) is 94.0 cm³/mol. The van der Waals surface area contributed by atoms with Gasteiger partial charge in [-0.15, -0.1) is 0 Å². The van der Waals surface area contributed by atoms with E-state index < -0.39 is 18.4 Å². The molecule has 0 amide bonds. The van der Waals surface area contributed by atoms with Gasteiger partial charge in [-0.25, -0.2) is 0 Å². The Morgan fingerprint density at radius 2 is 1.26 bits per heavy atom. The second-order valence-electron chi connectivity index (χ2n) is 5.99. The van der Waals surface area contributed by atoms with E-state index in [1.54, 1.807) is 16.9 Å². The van der Waals surface area contributed by atoms with Crippen molar-refractivity contribution in [2.45, 2.75) is 85.4 Å². The average molecular weight is 394 g/mol. The Labute approximate surface area is 131 Å². The molecule has 0 aliphatic rings. The molecular weight excluding hydrogens is 358 g/mol. The summed E-state index contributed by atoms with van der Waals surface area (Å²) in [5.41, 5.74) is 0. The summed E-state index contributed by atoms with van der Waals surface area (Å²) in [5.74, 6) is 0.802. The topological polar surface area (TPSA) is 0 Å². The Bertz CT molecular complexity index is 204. The minimum atomic E-state index is -2.10. The van der Waals surface area contributed by atoms with Crippen LogP contribution in [0, 0.1) is 0 Å². The summed E-state index contributed by atoms with van der Waals surface area (Å²) in [7, 11) is 0. The zero-order valence-corrected chi connectivity index (χ0v) is 17.2. The number of hydrogen-bond acceptors (Lipinski definition) is 0. The van der Waals surface area contributed by atoms with Gasteiger partial charge in [0.05, 0.1) is 0 Å². The van der Waals surface area contributed by atoms with E-state index in [2.05, 4.69) is 27.4 Å². The number of allylic oxidation sites excluding steroid dienone is 1. The fraction of sp³-hybridized carbons (Fsp3) is 0.882. The van der Waals surface area contributed by atoms with Crippen LogP contribution in [0.3, 0.4) is 0 Å². The van der Waals surface area contributed by atoms with Crippen molar-refractivity contribution in [3.05, 3.63) is 10.2 Å². The molecule has 0 spiro atoms. The molecule has 114 valence electrons. The molecule has 0 unspecified atom stereocenters. The fourth-order valence-electron chi connectivity index (χ4n) is 3.00. The van der Waals surface area contributed by atoms with Crippen molar-refractivity contribution in [2.75, 3.05) is 5.88 Å². The molecule has 0 aromatic rings. The van der Waals surface area contributed by atoms with Crippen molar-refractivity contribution in [2.24, 2.45) is 0 Å². The fourth-order valence-corrected chi connectivity index (χ4v) is 19.1. The molecule has 0 N–H and O–H groups in total. The molecule has 0 rings (SSSR count). The van der Waals surface area contributed by atoms with Crippen LogP contribution in [0.15, 0.2) is 10.2 Å². The molecule has 0 bridgehead atoms. The van der Waals surface area contributed by atoms with Crippen LogP contribution in [0.2, 0.25) is 13.3 Å². The Morgan fingerprint density at radius 1 is 0.842 bits per heavy atom. The molecule has 0 saturated carbocycles. The van der Waals surface area contributed by atoms with Gasteiger partial charge in [0.1, 0.15) is 0 Å². The van der Waals surface area contributed by atoms with E-state index in [-0.39, 0.29) is 0 Å². The van der Waals surface area contributed by atoms with Crippen LogP contribution in [-0.2, 0) is 0 Å². The molecule has 2 heteroatoms. The van der Waals surface area contributed by atoms with E-state index in [0.29, 0.717) is 0 Å². The molecule has 0 aliphatic heterocycles. The van der Waals surface area contributed by atoms with Crippen LogP contribution in [0.25, 0.3) is 0 Å². The van der Waals surface area contributed by atoms with Crippen LogP contribution in [0.1, 0.15) is 72.1 Å². The van der Waals surface area contributed by atoms with Crippen molar-refractivity contribution in [1.82, 2.24) is 0 Å². The summed E-state index contributed by atoms with van der Waals surface area (Å²) < 4.78 is 6.34. The Balaban J connectivity index is 4.79. The molecule has 0 atom stereocenters. The molecule has 0 nitrogen and oxygen atoms in total. The van der Waals surface area contributed by atoms with Crippen molar-refractivity contribution < 1.29 is 0 Å². The zero-order chi connectivity index (χ0) is 14.6. The third-order valence-corrected chi connectivity index (χ3v) is 20.9. The summed E-state index contributed by atoms with van der Waals surface area (Å²) >= 11 is 3.79. The zero-order valence-electron chi connectivity index (χ0n) is 13.6. The monoisotopic (exact) mass is 394 g/mol. The van der Waals surface area contributed by atoms with Gasteiger partial charge in [-0.05, 0) is 0 Å². The van der Waals surface area contributed by atoms with Crippen LogP contribution in [0.4, 0.5) is 0 Å². The molecular formula is C17H35ClSn. The summed E-state index contributed by atoms with van der Waals surface area (Å²) in [6.07, 6.45) is 10.7. The van der Waals surface area contributed by atoms with Gasteiger partial charge in [0.25, 0.3) is 0 Å². The van der Waals surface area contributed by atoms with Gasteiger partial charge in [-0.3, -0.25) is 0 Å². The van der Waals surface area contributed by atoms with Crippen molar-refractivity contribution >= 4 is 30.0 Å². The van der Waals surface area contributed by atoms with E-state index >= 15 is 0 Å². The standard InChI is InChI=1S/C5H8Cl.3C4H9.Sn/c1-2-3-4-5-6;3*1-3-4-2;/h1,3-5H2;3*1,3-4H2,2H3;. The van der Waals surface area contributed by atoms with E-state index in [1.165, 1.54) is 44.9 Å². The van der Waals surface area contributed by atoms with Crippen molar-refractivity contribution in [3.8, 4) is 0 Å². The normalized spacial score (nSPS) is 11.8. The first kappa shape index (κ1) is 19.8. The Kier molecular flexibility index (Phi) is 13.1. The first-order valence-electron chi connectivity index (χ1n) is 8.41. The van der Waals surface area contributed by atoms with Crippen LogP contribution in [-0.4, -0.2) is 24.3 Å². The van der Waals surface area contributed by atoms with Crippen molar-refractivity contribution in [1.29, 1.82) is 0 Å². The number of rotatable bonds is 13. The predicted octanol–water partition coefficient (Wildman–Crippen LogP) is 6.95. The quantitative estimate of drug-likeness (QED) is 0.235. The molecule has 0 saturated heterocycles. The summed E-state index contributed by atoms with van der Waals surface area (Å²) in [4.78, 5) is 0. The van der Waals surface area contributed by atoms with Crippen LogP contribution >= 0.6 is 11.6 Å². The maximum atomic E-state index is 5.89. The van der Waals surface area contributed by atoms with E-state index in [4.69, 9.17) is 11.6 Å². The molecule has 19 heavy (non-hydrogen) atoms. The van der Waals surface area contributed by atoms with Gasteiger partial charge in [-0.2, -0.15) is 0 Å². The third-order valence-electron chi connectivity index (χ3n) is 4.39. The van der Waals surface area contributed by atoms with Crippen LogP contribution in [0.5, 0.6) is 0 Å². The SMILES string of the molecule is C=[C](CCCCl)[Sn]([CH2]CCC)([CH2]CCC)[CH2]CCC. The van der Waals surface area contributed by atoms with E-state index in [1.807, 2.05) is 0 Å². The van der Waals surface area contributed by atoms with Crippen molar-refractivity contribution in [3.63, 3.8) is 0 Å². The van der Waals surface area contributed by atoms with Gasteiger partial charge >= 0.3 is 131 Å². The van der Waals surface area contributed by atoms with Gasteiger partial charge in [0.2, 0.25) is 0 Å². The molecule has 0 aromatic heterocycles. The van der Waals surface area contributed by atoms with Gasteiger partial charge in [0, 0.05) is 0 Å². The molecule has 0 aromatic carbocycles. The second-order valence-corrected chi connectivity index (χ2v) is 20.0. The summed E-state index contributed by atoms with van der Waals surface area (Å²) in [6.45, 7) is 11.6. The Morgan fingerprint density at radius 3 is 1.58 bits per heavy atom. The number of hydrogen-bond donors (Lipinski definition) is 0. The number of halogens is 1. The summed E-state index contributed by atoms with van der Waals surface area (Å²) in [6, 6.07) is 0. The molecule has 0 aliphatic carbocycles. The van der Waals surface area contributed by atoms with Crippen LogP contribution < -0.4 is 0 Å². The first-order valence-corrected chi connectivity index (χ1v) is 16.4. The van der Waals surface area contributed by atoms with Gasteiger partial charge in [0.15, 0.2) is 0 Å². The minimum absolute atomic E-state index is 0.802. The van der Waals surface area contributed by atoms with Gasteiger partial charge in [-0.1, -0.05) is 0 Å². The third kappa shape index (κ3) is 7.99. The number of alkyl halides is 1. The van der Waals surface area contributed by atoms with E-state index in [0.717, 1.165) is 12.3 Å². The Hall–Kier alpha value is 0.829. The summed E-state index contributed by atoms with van der Waals surface area (Å²) in [5, 5.41) is 0. The maximum absolute atomic E-state index is 5.89. The molecule has 0 fully saturated rings. The molecule has 0 radical (unpaired) electrons.